The molecule has 6 nitrogen and oxygen atoms in total. The molecule has 0 radical (unpaired) electrons. The molecule has 0 aromatic heterocycles. The SMILES string of the molecule is COc1ccc(NC(=O)C(=O)NC[C@@H](c2cccc3ccccc23)N(C)C)cc1Cl. The molecule has 3 aromatic carbocycles. The Labute approximate surface area is 180 Å². The molecule has 2 N–H and O–H groups in total. The van der Waals surface area contributed by atoms with E-state index in [1.54, 1.807) is 12.1 Å². The van der Waals surface area contributed by atoms with Gasteiger partial charge in [0.15, 0.2) is 0 Å². The van der Waals surface area contributed by atoms with Crippen molar-refractivity contribution in [2.45, 2.75) is 6.04 Å². The highest BCUT2D eigenvalue weighted by Crippen LogP contribution is 2.28. The van der Waals surface area contributed by atoms with E-state index in [1.807, 2.05) is 43.3 Å². The first-order valence-corrected chi connectivity index (χ1v) is 9.85. The van der Waals surface area contributed by atoms with Gasteiger partial charge in [0.25, 0.3) is 0 Å². The number of amides is 2. The number of nitrogens with one attached hydrogen (secondary N) is 2. The lowest BCUT2D eigenvalue weighted by atomic mass is 9.98. The molecule has 0 fully saturated rings. The molecule has 0 aliphatic carbocycles. The van der Waals surface area contributed by atoms with Crippen LogP contribution in [0.2, 0.25) is 5.02 Å². The number of rotatable bonds is 6. The number of likely N-dealkylation sites (N-methyl/N-ethyl adjacent to an activating group) is 1. The average molecular weight is 426 g/mol. The first kappa shape index (κ1) is 21.6. The van der Waals surface area contributed by atoms with Gasteiger partial charge in [0.05, 0.1) is 18.2 Å². The Morgan fingerprint density at radius 2 is 1.77 bits per heavy atom. The summed E-state index contributed by atoms with van der Waals surface area (Å²) in [6.45, 7) is 0.288. The molecule has 3 rings (SSSR count). The van der Waals surface area contributed by atoms with Crippen LogP contribution in [0, 0.1) is 0 Å². The first-order chi connectivity index (χ1) is 14.4. The van der Waals surface area contributed by atoms with Gasteiger partial charge in [0.2, 0.25) is 0 Å². The summed E-state index contributed by atoms with van der Waals surface area (Å²) in [6, 6.07) is 18.9. The third kappa shape index (κ3) is 4.90. The number of carbonyl (C=O) groups excluding carboxylic acids is 2. The van der Waals surface area contributed by atoms with E-state index in [0.717, 1.165) is 16.3 Å². The van der Waals surface area contributed by atoms with Crippen LogP contribution in [0.5, 0.6) is 5.75 Å². The van der Waals surface area contributed by atoms with Gasteiger partial charge in [-0.2, -0.15) is 0 Å². The topological polar surface area (TPSA) is 70.7 Å². The highest BCUT2D eigenvalue weighted by atomic mass is 35.5. The normalized spacial score (nSPS) is 11.9. The number of hydrogen-bond acceptors (Lipinski definition) is 4. The number of carbonyl (C=O) groups is 2. The molecule has 0 bridgehead atoms. The van der Waals surface area contributed by atoms with Gasteiger partial charge in [0.1, 0.15) is 5.75 Å². The molecule has 30 heavy (non-hydrogen) atoms. The van der Waals surface area contributed by atoms with Gasteiger partial charge in [-0.1, -0.05) is 54.1 Å². The molecule has 0 unspecified atom stereocenters. The van der Waals surface area contributed by atoms with Gasteiger partial charge in [0, 0.05) is 12.2 Å². The van der Waals surface area contributed by atoms with Crippen molar-refractivity contribution in [2.75, 3.05) is 33.1 Å². The summed E-state index contributed by atoms with van der Waals surface area (Å²) in [7, 11) is 5.39. The van der Waals surface area contributed by atoms with E-state index in [0.29, 0.717) is 16.5 Å². The van der Waals surface area contributed by atoms with Crippen LogP contribution in [-0.2, 0) is 9.59 Å². The van der Waals surface area contributed by atoms with Crippen molar-refractivity contribution in [1.82, 2.24) is 10.2 Å². The van der Waals surface area contributed by atoms with Crippen molar-refractivity contribution in [2.24, 2.45) is 0 Å². The maximum atomic E-state index is 12.4. The summed E-state index contributed by atoms with van der Waals surface area (Å²) in [5.74, 6) is -0.983. The minimum atomic E-state index is -0.758. The van der Waals surface area contributed by atoms with Crippen molar-refractivity contribution in [3.8, 4) is 5.75 Å². The van der Waals surface area contributed by atoms with Crippen LogP contribution in [-0.4, -0.2) is 44.5 Å². The van der Waals surface area contributed by atoms with Crippen molar-refractivity contribution in [3.63, 3.8) is 0 Å². The quantitative estimate of drug-likeness (QED) is 0.588. The lowest BCUT2D eigenvalue weighted by Crippen LogP contribution is -2.40. The molecule has 0 heterocycles. The molecule has 0 saturated heterocycles. The number of nitrogens with zero attached hydrogens (tertiary/aromatic N) is 1. The molecule has 156 valence electrons. The van der Waals surface area contributed by atoms with Crippen LogP contribution in [0.25, 0.3) is 10.8 Å². The Kier molecular flexibility index (Phi) is 6.92. The van der Waals surface area contributed by atoms with Crippen LogP contribution in [0.4, 0.5) is 5.69 Å². The summed E-state index contributed by atoms with van der Waals surface area (Å²) < 4.78 is 5.08. The molecule has 0 aliphatic rings. The fourth-order valence-corrected chi connectivity index (χ4v) is 3.57. The van der Waals surface area contributed by atoms with Crippen molar-refractivity contribution >= 4 is 39.9 Å². The second kappa shape index (κ2) is 9.61. The number of ether oxygens (including phenoxy) is 1. The number of anilines is 1. The lowest BCUT2D eigenvalue weighted by Gasteiger charge is -2.26. The van der Waals surface area contributed by atoms with E-state index in [1.165, 1.54) is 13.2 Å². The smallest absolute Gasteiger partial charge is 0.313 e. The van der Waals surface area contributed by atoms with Gasteiger partial charge in [-0.05, 0) is 48.6 Å². The van der Waals surface area contributed by atoms with Gasteiger partial charge in [-0.3, -0.25) is 9.59 Å². The average Bonchev–Trinajstić information content (AvgIpc) is 2.73. The number of halogens is 1. The monoisotopic (exact) mass is 425 g/mol. The number of hydrogen-bond donors (Lipinski definition) is 2. The highest BCUT2D eigenvalue weighted by Gasteiger charge is 2.20. The number of methoxy groups -OCH3 is 1. The van der Waals surface area contributed by atoms with Crippen LogP contribution in [0.15, 0.2) is 60.7 Å². The summed E-state index contributed by atoms with van der Waals surface area (Å²) >= 11 is 6.06. The third-order valence-electron chi connectivity index (χ3n) is 4.88. The van der Waals surface area contributed by atoms with E-state index < -0.39 is 11.8 Å². The van der Waals surface area contributed by atoms with Crippen LogP contribution < -0.4 is 15.4 Å². The first-order valence-electron chi connectivity index (χ1n) is 9.47. The zero-order valence-corrected chi connectivity index (χ0v) is 17.9. The third-order valence-corrected chi connectivity index (χ3v) is 5.17. The molecule has 1 atom stereocenters. The van der Waals surface area contributed by atoms with E-state index in [4.69, 9.17) is 16.3 Å². The van der Waals surface area contributed by atoms with Crippen LogP contribution >= 0.6 is 11.6 Å². The zero-order valence-electron chi connectivity index (χ0n) is 17.1. The Bertz CT molecular complexity index is 1060. The Balaban J connectivity index is 1.69. The lowest BCUT2D eigenvalue weighted by molar-refractivity contribution is -0.136. The second-order valence-corrected chi connectivity index (χ2v) is 7.47. The van der Waals surface area contributed by atoms with Gasteiger partial charge in [-0.15, -0.1) is 0 Å². The maximum Gasteiger partial charge on any atom is 0.313 e. The van der Waals surface area contributed by atoms with Crippen LogP contribution in [0.1, 0.15) is 11.6 Å². The molecule has 0 aliphatic heterocycles. The predicted octanol–water partition coefficient (Wildman–Crippen LogP) is 3.86. The molecule has 0 spiro atoms. The molecular formula is C23H24ClN3O3. The van der Waals surface area contributed by atoms with Gasteiger partial charge in [-0.25, -0.2) is 0 Å². The zero-order chi connectivity index (χ0) is 21.7. The largest absolute Gasteiger partial charge is 0.495 e. The van der Waals surface area contributed by atoms with Crippen molar-refractivity contribution in [1.29, 1.82) is 0 Å². The number of benzene rings is 3. The fourth-order valence-electron chi connectivity index (χ4n) is 3.31. The molecule has 7 heteroatoms. The molecule has 0 saturated carbocycles. The molecular weight excluding hydrogens is 402 g/mol. The Morgan fingerprint density at radius 3 is 2.47 bits per heavy atom. The highest BCUT2D eigenvalue weighted by molar-refractivity contribution is 6.40. The standard InChI is InChI=1S/C23H24ClN3O3/c1-27(2)20(18-10-6-8-15-7-4-5-9-17(15)18)14-25-22(28)23(29)26-16-11-12-21(30-3)19(24)13-16/h4-13,20H,14H2,1-3H3,(H,25,28)(H,26,29)/t20-/m0/s1. The van der Waals surface area contributed by atoms with E-state index in [-0.39, 0.29) is 12.6 Å². The minimum Gasteiger partial charge on any atom is -0.495 e. The van der Waals surface area contributed by atoms with E-state index in [2.05, 4.69) is 28.8 Å². The Hall–Kier alpha value is -3.09. The summed E-state index contributed by atoms with van der Waals surface area (Å²) in [6.07, 6.45) is 0. The van der Waals surface area contributed by atoms with Gasteiger partial charge >= 0.3 is 11.8 Å². The van der Waals surface area contributed by atoms with E-state index >= 15 is 0 Å². The summed E-state index contributed by atoms with van der Waals surface area (Å²) in [5, 5.41) is 7.88. The minimum absolute atomic E-state index is 0.0942. The fraction of sp³-hybridized carbons (Fsp3) is 0.217. The number of fused-ring (bicyclic) bond motifs is 1. The summed E-state index contributed by atoms with van der Waals surface area (Å²) in [4.78, 5) is 26.7. The Morgan fingerprint density at radius 1 is 1.03 bits per heavy atom. The van der Waals surface area contributed by atoms with E-state index in [9.17, 15) is 9.59 Å². The van der Waals surface area contributed by atoms with Crippen molar-refractivity contribution in [3.05, 3.63) is 71.2 Å². The predicted molar refractivity (Wildman–Crippen MR) is 120 cm³/mol. The van der Waals surface area contributed by atoms with Crippen LogP contribution in [0.3, 0.4) is 0 Å². The maximum absolute atomic E-state index is 12.4. The van der Waals surface area contributed by atoms with Gasteiger partial charge < -0.3 is 20.3 Å². The van der Waals surface area contributed by atoms with Crippen molar-refractivity contribution < 1.29 is 14.3 Å². The molecule has 3 aromatic rings. The molecule has 2 amide bonds. The summed E-state index contributed by atoms with van der Waals surface area (Å²) in [5.41, 5.74) is 1.50. The second-order valence-electron chi connectivity index (χ2n) is 7.06.